The Morgan fingerprint density at radius 2 is 2.05 bits per heavy atom. The molecule has 0 amide bonds. The molecule has 2 rings (SSSR count). The largest absolute Gasteiger partial charge is 0.398 e. The van der Waals surface area contributed by atoms with E-state index in [4.69, 9.17) is 17.3 Å². The second kappa shape index (κ2) is 6.35. The fraction of sp³-hybridized carbons (Fsp3) is 0.500. The van der Waals surface area contributed by atoms with Gasteiger partial charge in [-0.05, 0) is 42.4 Å². The van der Waals surface area contributed by atoms with Crippen molar-refractivity contribution in [1.29, 1.82) is 0 Å². The van der Waals surface area contributed by atoms with Crippen LogP contribution in [-0.4, -0.2) is 26.5 Å². The highest BCUT2D eigenvalue weighted by molar-refractivity contribution is 7.99. The molecule has 4 nitrogen and oxygen atoms in total. The topological polar surface area (TPSA) is 72.2 Å². The maximum absolute atomic E-state index is 12.2. The van der Waals surface area contributed by atoms with Crippen molar-refractivity contribution in [1.82, 2.24) is 4.72 Å². The van der Waals surface area contributed by atoms with Gasteiger partial charge in [-0.2, -0.15) is 11.8 Å². The fourth-order valence-electron chi connectivity index (χ4n) is 2.06. The lowest BCUT2D eigenvalue weighted by molar-refractivity contribution is 0.477. The van der Waals surface area contributed by atoms with E-state index < -0.39 is 10.0 Å². The molecule has 0 saturated carbocycles. The average Bonchev–Trinajstić information content (AvgIpc) is 2.37. The van der Waals surface area contributed by atoms with E-state index >= 15 is 0 Å². The zero-order valence-electron chi connectivity index (χ0n) is 10.4. The molecule has 0 spiro atoms. The van der Waals surface area contributed by atoms with Gasteiger partial charge >= 0.3 is 0 Å². The first-order valence-corrected chi connectivity index (χ1v) is 9.13. The van der Waals surface area contributed by atoms with Crippen molar-refractivity contribution in [2.45, 2.75) is 17.7 Å². The maximum Gasteiger partial charge on any atom is 0.244 e. The highest BCUT2D eigenvalue weighted by atomic mass is 35.5. The zero-order valence-corrected chi connectivity index (χ0v) is 12.8. The molecule has 1 saturated heterocycles. The number of halogens is 1. The van der Waals surface area contributed by atoms with Crippen LogP contribution in [0.3, 0.4) is 0 Å². The van der Waals surface area contributed by atoms with E-state index in [0.29, 0.717) is 12.5 Å². The Kier molecular flexibility index (Phi) is 5.00. The molecule has 1 heterocycles. The quantitative estimate of drug-likeness (QED) is 0.835. The Labute approximate surface area is 123 Å². The first-order chi connectivity index (χ1) is 9.00. The van der Waals surface area contributed by atoms with Gasteiger partial charge < -0.3 is 5.73 Å². The van der Waals surface area contributed by atoms with E-state index in [1.807, 2.05) is 11.8 Å². The molecule has 106 valence electrons. The predicted molar refractivity (Wildman–Crippen MR) is 81.1 cm³/mol. The summed E-state index contributed by atoms with van der Waals surface area (Å²) in [7, 11) is -3.63. The Balaban J connectivity index is 2.09. The summed E-state index contributed by atoms with van der Waals surface area (Å²) in [5.74, 6) is 2.60. The average molecular weight is 321 g/mol. The third-order valence-electron chi connectivity index (χ3n) is 3.17. The van der Waals surface area contributed by atoms with Crippen LogP contribution in [0.15, 0.2) is 23.1 Å². The molecule has 0 atom stereocenters. The smallest absolute Gasteiger partial charge is 0.244 e. The summed E-state index contributed by atoms with van der Waals surface area (Å²) in [5, 5.41) is 0.159. The Hall–Kier alpha value is -0.430. The molecule has 0 aliphatic carbocycles. The van der Waals surface area contributed by atoms with Gasteiger partial charge in [0.1, 0.15) is 4.90 Å². The Morgan fingerprint density at radius 1 is 1.37 bits per heavy atom. The summed E-state index contributed by atoms with van der Waals surface area (Å²) in [6.45, 7) is 0.452. The van der Waals surface area contributed by atoms with Crippen molar-refractivity contribution in [2.75, 3.05) is 23.8 Å². The molecule has 1 aromatic rings. The van der Waals surface area contributed by atoms with Gasteiger partial charge in [-0.25, -0.2) is 13.1 Å². The molecule has 0 bridgehead atoms. The van der Waals surface area contributed by atoms with E-state index in [1.54, 1.807) is 6.07 Å². The molecule has 1 aromatic carbocycles. The van der Waals surface area contributed by atoms with Gasteiger partial charge in [-0.15, -0.1) is 0 Å². The van der Waals surface area contributed by atoms with Gasteiger partial charge in [0.25, 0.3) is 0 Å². The first kappa shape index (κ1) is 15.0. The van der Waals surface area contributed by atoms with Crippen molar-refractivity contribution < 1.29 is 8.42 Å². The van der Waals surface area contributed by atoms with Gasteiger partial charge in [0.2, 0.25) is 10.0 Å². The maximum atomic E-state index is 12.2. The van der Waals surface area contributed by atoms with E-state index in [1.165, 1.54) is 12.1 Å². The molecule has 0 unspecified atom stereocenters. The van der Waals surface area contributed by atoms with Crippen LogP contribution in [0.4, 0.5) is 5.69 Å². The third kappa shape index (κ3) is 3.78. The van der Waals surface area contributed by atoms with Gasteiger partial charge in [0.05, 0.1) is 10.7 Å². The van der Waals surface area contributed by atoms with Crippen molar-refractivity contribution in [2.24, 2.45) is 5.92 Å². The van der Waals surface area contributed by atoms with Crippen LogP contribution in [0.5, 0.6) is 0 Å². The summed E-state index contributed by atoms with van der Waals surface area (Å²) < 4.78 is 27.1. The van der Waals surface area contributed by atoms with Crippen molar-refractivity contribution in [3.05, 3.63) is 23.2 Å². The number of rotatable bonds is 4. The van der Waals surface area contributed by atoms with Crippen LogP contribution in [0.1, 0.15) is 12.8 Å². The molecule has 7 heteroatoms. The van der Waals surface area contributed by atoms with Crippen LogP contribution >= 0.6 is 23.4 Å². The van der Waals surface area contributed by atoms with E-state index in [-0.39, 0.29) is 15.6 Å². The molecule has 1 aliphatic rings. The fourth-order valence-corrected chi connectivity index (χ4v) is 5.05. The third-order valence-corrected chi connectivity index (χ3v) is 6.18. The molecule has 19 heavy (non-hydrogen) atoms. The van der Waals surface area contributed by atoms with E-state index in [9.17, 15) is 8.42 Å². The molecule has 0 aromatic heterocycles. The highest BCUT2D eigenvalue weighted by Crippen LogP contribution is 2.27. The summed E-state index contributed by atoms with van der Waals surface area (Å²) >= 11 is 7.85. The molecular formula is C12H17ClN2O2S2. The second-order valence-corrected chi connectivity index (χ2v) is 7.90. The first-order valence-electron chi connectivity index (χ1n) is 6.12. The summed E-state index contributed by atoms with van der Waals surface area (Å²) in [6, 6.07) is 4.70. The lowest BCUT2D eigenvalue weighted by Crippen LogP contribution is -2.31. The molecular weight excluding hydrogens is 304 g/mol. The summed E-state index contributed by atoms with van der Waals surface area (Å²) in [4.78, 5) is -0.0122. The van der Waals surface area contributed by atoms with Crippen molar-refractivity contribution >= 4 is 39.1 Å². The number of thioether (sulfide) groups is 1. The number of hydrogen-bond acceptors (Lipinski definition) is 4. The number of nitrogens with two attached hydrogens (primary N) is 1. The number of anilines is 1. The molecule has 3 N–H and O–H groups in total. The summed E-state index contributed by atoms with van der Waals surface area (Å²) in [6.07, 6.45) is 2.09. The Bertz CT molecular complexity index is 522. The van der Waals surface area contributed by atoms with Gasteiger partial charge in [-0.1, -0.05) is 17.7 Å². The number of nitrogens with one attached hydrogen (secondary N) is 1. The number of sulfonamides is 1. The normalized spacial score (nSPS) is 17.5. The number of hydrogen-bond donors (Lipinski definition) is 2. The highest BCUT2D eigenvalue weighted by Gasteiger charge is 2.23. The van der Waals surface area contributed by atoms with Crippen molar-refractivity contribution in [3.8, 4) is 0 Å². The monoisotopic (exact) mass is 320 g/mol. The standard InChI is InChI=1S/C12H17ClN2O2S2/c13-10-2-1-3-11(14)12(10)19(16,17)15-8-9-4-6-18-7-5-9/h1-3,9,15H,4-8,14H2. The van der Waals surface area contributed by atoms with Gasteiger partial charge in [0, 0.05) is 6.54 Å². The van der Waals surface area contributed by atoms with Crippen LogP contribution in [0, 0.1) is 5.92 Å². The second-order valence-electron chi connectivity index (χ2n) is 4.57. The van der Waals surface area contributed by atoms with E-state index in [2.05, 4.69) is 4.72 Å². The molecule has 0 radical (unpaired) electrons. The molecule has 1 fully saturated rings. The lowest BCUT2D eigenvalue weighted by Gasteiger charge is -2.21. The number of benzene rings is 1. The predicted octanol–water partition coefficient (Wildman–Crippen LogP) is 2.34. The van der Waals surface area contributed by atoms with Crippen LogP contribution < -0.4 is 10.5 Å². The minimum absolute atomic E-state index is 0.0122. The minimum Gasteiger partial charge on any atom is -0.398 e. The van der Waals surface area contributed by atoms with Crippen LogP contribution in [0.25, 0.3) is 0 Å². The van der Waals surface area contributed by atoms with E-state index in [0.717, 1.165) is 24.3 Å². The lowest BCUT2D eigenvalue weighted by atomic mass is 10.0. The number of nitrogen functional groups attached to an aromatic ring is 1. The minimum atomic E-state index is -3.63. The van der Waals surface area contributed by atoms with Gasteiger partial charge in [-0.3, -0.25) is 0 Å². The zero-order chi connectivity index (χ0) is 13.9. The SMILES string of the molecule is Nc1cccc(Cl)c1S(=O)(=O)NCC1CCSCC1. The summed E-state index contributed by atoms with van der Waals surface area (Å²) in [5.41, 5.74) is 5.89. The Morgan fingerprint density at radius 3 is 2.68 bits per heavy atom. The molecule has 1 aliphatic heterocycles. The van der Waals surface area contributed by atoms with Crippen molar-refractivity contribution in [3.63, 3.8) is 0 Å². The van der Waals surface area contributed by atoms with Gasteiger partial charge in [0.15, 0.2) is 0 Å². The van der Waals surface area contributed by atoms with Crippen LogP contribution in [0.2, 0.25) is 5.02 Å². The van der Waals surface area contributed by atoms with Crippen LogP contribution in [-0.2, 0) is 10.0 Å².